The Bertz CT molecular complexity index is 393. The fraction of sp³-hybridized carbons (Fsp3) is 0.727. The topological polar surface area (TPSA) is 72.1 Å². The van der Waals surface area contributed by atoms with E-state index < -0.39 is 0 Å². The maximum absolute atomic E-state index is 11.8. The second-order valence-corrected chi connectivity index (χ2v) is 5.43. The minimum atomic E-state index is 0.124. The molecule has 0 aromatic carbocycles. The van der Waals surface area contributed by atoms with E-state index in [4.69, 9.17) is 5.73 Å². The molecular weight excluding hydrogens is 236 g/mol. The van der Waals surface area contributed by atoms with Crippen molar-refractivity contribution in [2.45, 2.75) is 32.6 Å². The van der Waals surface area contributed by atoms with Crippen LogP contribution in [0.2, 0.25) is 0 Å². The molecule has 0 spiro atoms. The largest absolute Gasteiger partial charge is 0.330 e. The molecule has 1 atom stereocenters. The van der Waals surface area contributed by atoms with Crippen LogP contribution in [0.5, 0.6) is 0 Å². The van der Waals surface area contributed by atoms with Gasteiger partial charge in [-0.25, -0.2) is 0 Å². The van der Waals surface area contributed by atoms with Crippen LogP contribution in [0.3, 0.4) is 0 Å². The number of unbranched alkanes of at least 4 members (excludes halogenated alkanes) is 1. The molecule has 2 rings (SSSR count). The first-order valence-electron chi connectivity index (χ1n) is 6.07. The summed E-state index contributed by atoms with van der Waals surface area (Å²) in [5.74, 6) is 0.393. The van der Waals surface area contributed by atoms with Gasteiger partial charge in [-0.05, 0) is 18.9 Å². The molecule has 17 heavy (non-hydrogen) atoms. The summed E-state index contributed by atoms with van der Waals surface area (Å²) in [4.78, 5) is 13.5. The molecule has 1 fully saturated rings. The number of aromatic nitrogens is 2. The van der Waals surface area contributed by atoms with Crippen LogP contribution in [0.25, 0.3) is 0 Å². The number of hydrogen-bond acceptors (Lipinski definition) is 5. The van der Waals surface area contributed by atoms with Gasteiger partial charge in [0.05, 0.1) is 0 Å². The molecule has 1 unspecified atom stereocenters. The van der Waals surface area contributed by atoms with Gasteiger partial charge in [0.15, 0.2) is 0 Å². The van der Waals surface area contributed by atoms with Gasteiger partial charge in [0, 0.05) is 19.4 Å². The first kappa shape index (κ1) is 12.4. The van der Waals surface area contributed by atoms with Crippen LogP contribution in [0.4, 0.5) is 5.13 Å². The van der Waals surface area contributed by atoms with Crippen LogP contribution in [0, 0.1) is 5.92 Å². The predicted molar refractivity (Wildman–Crippen MR) is 68.0 cm³/mol. The Morgan fingerprint density at radius 1 is 1.53 bits per heavy atom. The summed E-state index contributed by atoms with van der Waals surface area (Å²) in [5.41, 5.74) is 5.60. The van der Waals surface area contributed by atoms with E-state index in [1.54, 1.807) is 4.90 Å². The van der Waals surface area contributed by atoms with Crippen molar-refractivity contribution >= 4 is 22.4 Å². The maximum Gasteiger partial charge on any atom is 0.229 e. The van der Waals surface area contributed by atoms with E-state index in [9.17, 15) is 4.79 Å². The molecule has 5 nitrogen and oxygen atoms in total. The van der Waals surface area contributed by atoms with E-state index in [2.05, 4.69) is 17.1 Å². The lowest BCUT2D eigenvalue weighted by Crippen LogP contribution is -2.25. The van der Waals surface area contributed by atoms with Crippen molar-refractivity contribution in [1.29, 1.82) is 0 Å². The predicted octanol–water partition coefficient (Wildman–Crippen LogP) is 1.19. The highest BCUT2D eigenvalue weighted by atomic mass is 32.1. The van der Waals surface area contributed by atoms with Crippen molar-refractivity contribution in [3.63, 3.8) is 0 Å². The molecule has 1 aliphatic rings. The normalized spacial score (nSPS) is 20.2. The van der Waals surface area contributed by atoms with Gasteiger partial charge in [0.2, 0.25) is 11.0 Å². The summed E-state index contributed by atoms with van der Waals surface area (Å²) in [6.07, 6.45) is 3.76. The molecule has 1 saturated heterocycles. The lowest BCUT2D eigenvalue weighted by molar-refractivity contribution is -0.117. The quantitative estimate of drug-likeness (QED) is 0.856. The van der Waals surface area contributed by atoms with E-state index in [-0.39, 0.29) is 11.8 Å². The third kappa shape index (κ3) is 2.81. The summed E-state index contributed by atoms with van der Waals surface area (Å²) in [7, 11) is 0. The molecular formula is C11H18N4OS. The number of aryl methyl sites for hydroxylation is 1. The van der Waals surface area contributed by atoms with Crippen LogP contribution in [-0.4, -0.2) is 29.2 Å². The Morgan fingerprint density at radius 2 is 2.35 bits per heavy atom. The SMILES string of the molecule is CCCCc1nnc(N2CC(CN)CC2=O)s1. The van der Waals surface area contributed by atoms with Crippen molar-refractivity contribution in [2.75, 3.05) is 18.0 Å². The molecule has 0 saturated carbocycles. The Hall–Kier alpha value is -1.01. The van der Waals surface area contributed by atoms with Crippen LogP contribution in [0.15, 0.2) is 0 Å². The number of amides is 1. The molecule has 1 aliphatic heterocycles. The highest BCUT2D eigenvalue weighted by Gasteiger charge is 2.31. The summed E-state index contributed by atoms with van der Waals surface area (Å²) in [6.45, 7) is 3.40. The summed E-state index contributed by atoms with van der Waals surface area (Å²) in [5, 5.41) is 9.98. The third-order valence-electron chi connectivity index (χ3n) is 2.97. The second-order valence-electron chi connectivity index (χ2n) is 4.39. The van der Waals surface area contributed by atoms with Crippen LogP contribution in [0.1, 0.15) is 31.2 Å². The number of nitrogens with two attached hydrogens (primary N) is 1. The lowest BCUT2D eigenvalue weighted by atomic mass is 10.1. The van der Waals surface area contributed by atoms with Crippen molar-refractivity contribution in [3.05, 3.63) is 5.01 Å². The number of rotatable bonds is 5. The van der Waals surface area contributed by atoms with Crippen LogP contribution >= 0.6 is 11.3 Å². The fourth-order valence-electron chi connectivity index (χ4n) is 1.91. The van der Waals surface area contributed by atoms with Crippen molar-refractivity contribution in [1.82, 2.24) is 10.2 Å². The van der Waals surface area contributed by atoms with Gasteiger partial charge in [-0.15, -0.1) is 10.2 Å². The molecule has 0 radical (unpaired) electrons. The van der Waals surface area contributed by atoms with Gasteiger partial charge < -0.3 is 5.73 Å². The zero-order valence-electron chi connectivity index (χ0n) is 10.1. The van der Waals surface area contributed by atoms with Crippen molar-refractivity contribution in [3.8, 4) is 0 Å². The zero-order valence-corrected chi connectivity index (χ0v) is 10.9. The van der Waals surface area contributed by atoms with Crippen molar-refractivity contribution < 1.29 is 4.79 Å². The van der Waals surface area contributed by atoms with E-state index in [0.717, 1.165) is 29.4 Å². The zero-order chi connectivity index (χ0) is 12.3. The molecule has 0 aliphatic carbocycles. The lowest BCUT2D eigenvalue weighted by Gasteiger charge is -2.10. The number of carbonyl (C=O) groups is 1. The van der Waals surface area contributed by atoms with Gasteiger partial charge in [0.1, 0.15) is 5.01 Å². The Morgan fingerprint density at radius 3 is 3.00 bits per heavy atom. The third-order valence-corrected chi connectivity index (χ3v) is 3.98. The minimum Gasteiger partial charge on any atom is -0.330 e. The average molecular weight is 254 g/mol. The monoisotopic (exact) mass is 254 g/mol. The molecule has 1 aromatic heterocycles. The standard InChI is InChI=1S/C11H18N4OS/c1-2-3-4-9-13-14-11(17-9)15-7-8(6-12)5-10(15)16/h8H,2-7,12H2,1H3. The molecule has 0 bridgehead atoms. The molecule has 2 N–H and O–H groups in total. The Labute approximate surface area is 105 Å². The Balaban J connectivity index is 2.02. The molecule has 94 valence electrons. The molecule has 1 aromatic rings. The van der Waals surface area contributed by atoms with Gasteiger partial charge in [0.25, 0.3) is 0 Å². The van der Waals surface area contributed by atoms with Crippen molar-refractivity contribution in [2.24, 2.45) is 11.7 Å². The van der Waals surface area contributed by atoms with E-state index in [1.807, 2.05) is 0 Å². The Kier molecular flexibility index (Phi) is 4.06. The second kappa shape index (κ2) is 5.55. The smallest absolute Gasteiger partial charge is 0.229 e. The number of carbonyl (C=O) groups excluding carboxylic acids is 1. The first-order valence-corrected chi connectivity index (χ1v) is 6.89. The summed E-state index contributed by atoms with van der Waals surface area (Å²) >= 11 is 1.53. The number of hydrogen-bond donors (Lipinski definition) is 1. The number of nitrogens with zero attached hydrogens (tertiary/aromatic N) is 3. The molecule has 1 amide bonds. The molecule has 6 heteroatoms. The minimum absolute atomic E-state index is 0.124. The van der Waals surface area contributed by atoms with Gasteiger partial charge >= 0.3 is 0 Å². The van der Waals surface area contributed by atoms with Gasteiger partial charge in [-0.1, -0.05) is 24.7 Å². The van der Waals surface area contributed by atoms with Gasteiger partial charge in [-0.2, -0.15) is 0 Å². The van der Waals surface area contributed by atoms with Gasteiger partial charge in [-0.3, -0.25) is 9.69 Å². The van der Waals surface area contributed by atoms with E-state index in [1.165, 1.54) is 11.3 Å². The highest BCUT2D eigenvalue weighted by molar-refractivity contribution is 7.15. The van der Waals surface area contributed by atoms with E-state index >= 15 is 0 Å². The maximum atomic E-state index is 11.8. The fourth-order valence-corrected chi connectivity index (χ4v) is 2.81. The number of anilines is 1. The summed E-state index contributed by atoms with van der Waals surface area (Å²) in [6, 6.07) is 0. The molecule has 2 heterocycles. The first-order chi connectivity index (χ1) is 8.24. The average Bonchev–Trinajstić information content (AvgIpc) is 2.92. The van der Waals surface area contributed by atoms with Crippen LogP contribution < -0.4 is 10.6 Å². The van der Waals surface area contributed by atoms with Crippen LogP contribution in [-0.2, 0) is 11.2 Å². The van der Waals surface area contributed by atoms with E-state index in [0.29, 0.717) is 19.5 Å². The highest BCUT2D eigenvalue weighted by Crippen LogP contribution is 2.27. The summed E-state index contributed by atoms with van der Waals surface area (Å²) < 4.78 is 0.